The van der Waals surface area contributed by atoms with Crippen molar-refractivity contribution in [3.8, 4) is 6.07 Å². The van der Waals surface area contributed by atoms with Crippen LogP contribution >= 0.6 is 15.9 Å². The van der Waals surface area contributed by atoms with Gasteiger partial charge in [-0.25, -0.2) is 0 Å². The molecule has 0 radical (unpaired) electrons. The van der Waals surface area contributed by atoms with Gasteiger partial charge in [-0.2, -0.15) is 5.26 Å². The Labute approximate surface area is 92.9 Å². The van der Waals surface area contributed by atoms with Crippen molar-refractivity contribution in [2.24, 2.45) is 0 Å². The van der Waals surface area contributed by atoms with Crippen LogP contribution in [0.25, 0.3) is 0 Å². The van der Waals surface area contributed by atoms with Gasteiger partial charge in [-0.05, 0) is 43.4 Å². The van der Waals surface area contributed by atoms with Crippen molar-refractivity contribution in [2.75, 3.05) is 0 Å². The second kappa shape index (κ2) is 3.40. The number of nitrogens with zero attached hydrogens (tertiary/aromatic N) is 1. The lowest BCUT2D eigenvalue weighted by Gasteiger charge is -2.35. The van der Waals surface area contributed by atoms with E-state index in [4.69, 9.17) is 0 Å². The summed E-state index contributed by atoms with van der Waals surface area (Å²) in [6.45, 7) is 2.07. The van der Waals surface area contributed by atoms with Crippen LogP contribution < -0.4 is 0 Å². The van der Waals surface area contributed by atoms with E-state index in [1.54, 1.807) is 0 Å². The molecule has 0 aliphatic heterocycles. The van der Waals surface area contributed by atoms with E-state index in [1.165, 1.54) is 17.5 Å². The first-order valence-electron chi connectivity index (χ1n) is 4.86. The molecule has 0 bridgehead atoms. The molecule has 2 heteroatoms. The van der Waals surface area contributed by atoms with Gasteiger partial charge in [0.1, 0.15) is 0 Å². The highest BCUT2D eigenvalue weighted by atomic mass is 79.9. The molecule has 14 heavy (non-hydrogen) atoms. The number of halogens is 1. The van der Waals surface area contributed by atoms with Gasteiger partial charge in [0, 0.05) is 4.47 Å². The van der Waals surface area contributed by atoms with Crippen molar-refractivity contribution in [1.29, 1.82) is 5.26 Å². The maximum absolute atomic E-state index is 9.19. The predicted octanol–water partition coefficient (Wildman–Crippen LogP) is 3.70. The molecule has 0 atom stereocenters. The molecule has 1 fully saturated rings. The Morgan fingerprint density at radius 1 is 1.43 bits per heavy atom. The molecule has 1 saturated carbocycles. The third-order valence-corrected chi connectivity index (χ3v) is 4.02. The summed E-state index contributed by atoms with van der Waals surface area (Å²) in [5, 5.41) is 9.19. The van der Waals surface area contributed by atoms with Crippen LogP contribution in [0.3, 0.4) is 0 Å². The van der Waals surface area contributed by atoms with Crippen LogP contribution in [0.4, 0.5) is 0 Å². The molecule has 0 aromatic heterocycles. The van der Waals surface area contributed by atoms with Gasteiger partial charge >= 0.3 is 0 Å². The summed E-state index contributed by atoms with van der Waals surface area (Å²) in [6.07, 6.45) is 3.22. The van der Waals surface area contributed by atoms with E-state index >= 15 is 0 Å². The van der Waals surface area contributed by atoms with Gasteiger partial charge in [0.2, 0.25) is 0 Å². The number of rotatable bonds is 1. The van der Waals surface area contributed by atoms with Gasteiger partial charge in [-0.3, -0.25) is 0 Å². The van der Waals surface area contributed by atoms with Crippen molar-refractivity contribution in [3.63, 3.8) is 0 Å². The first kappa shape index (κ1) is 9.73. The van der Waals surface area contributed by atoms with Gasteiger partial charge in [0.15, 0.2) is 0 Å². The van der Waals surface area contributed by atoms with Gasteiger partial charge in [0.05, 0.1) is 11.5 Å². The summed E-state index contributed by atoms with van der Waals surface area (Å²) in [5.41, 5.74) is 2.22. The minimum absolute atomic E-state index is 0.175. The molecule has 0 N–H and O–H groups in total. The summed E-state index contributed by atoms with van der Waals surface area (Å²) in [4.78, 5) is 0. The molecule has 0 spiro atoms. The molecular formula is C12H12BrN. The van der Waals surface area contributed by atoms with Crippen molar-refractivity contribution in [3.05, 3.63) is 33.8 Å². The molecule has 72 valence electrons. The number of benzene rings is 1. The highest BCUT2D eigenvalue weighted by Gasteiger charge is 2.38. The molecule has 1 aliphatic carbocycles. The van der Waals surface area contributed by atoms with Gasteiger partial charge in [-0.15, -0.1) is 0 Å². The topological polar surface area (TPSA) is 23.8 Å². The summed E-state index contributed by atoms with van der Waals surface area (Å²) in [6, 6.07) is 8.71. The average molecular weight is 250 g/mol. The minimum atomic E-state index is -0.175. The largest absolute Gasteiger partial charge is 0.197 e. The first-order chi connectivity index (χ1) is 6.68. The summed E-state index contributed by atoms with van der Waals surface area (Å²) >= 11 is 3.48. The molecule has 1 aromatic rings. The summed E-state index contributed by atoms with van der Waals surface area (Å²) in [5.74, 6) is 0. The first-order valence-corrected chi connectivity index (χ1v) is 5.65. The molecule has 1 nitrogen and oxygen atoms in total. The lowest BCUT2D eigenvalue weighted by atomic mass is 9.65. The van der Waals surface area contributed by atoms with Crippen LogP contribution in [0.15, 0.2) is 22.7 Å². The Morgan fingerprint density at radius 3 is 2.57 bits per heavy atom. The second-order valence-electron chi connectivity index (χ2n) is 4.01. The van der Waals surface area contributed by atoms with Crippen molar-refractivity contribution >= 4 is 15.9 Å². The molecule has 1 aliphatic rings. The van der Waals surface area contributed by atoms with Gasteiger partial charge in [0.25, 0.3) is 0 Å². The SMILES string of the molecule is Cc1cc(C2(C#N)CCC2)ccc1Br. The second-order valence-corrected chi connectivity index (χ2v) is 4.87. The van der Waals surface area contributed by atoms with Crippen LogP contribution in [0.5, 0.6) is 0 Å². The molecule has 1 aromatic carbocycles. The lowest BCUT2D eigenvalue weighted by Crippen LogP contribution is -2.32. The Balaban J connectivity index is 2.42. The molecular weight excluding hydrogens is 238 g/mol. The Bertz CT molecular complexity index is 399. The lowest BCUT2D eigenvalue weighted by molar-refractivity contribution is 0.324. The van der Waals surface area contributed by atoms with E-state index in [0.29, 0.717) is 0 Å². The van der Waals surface area contributed by atoms with Crippen LogP contribution in [0.1, 0.15) is 30.4 Å². The van der Waals surface area contributed by atoms with Gasteiger partial charge in [-0.1, -0.05) is 28.1 Å². The van der Waals surface area contributed by atoms with E-state index in [9.17, 15) is 5.26 Å². The third kappa shape index (κ3) is 1.36. The summed E-state index contributed by atoms with van der Waals surface area (Å²) < 4.78 is 1.12. The van der Waals surface area contributed by atoms with Crippen LogP contribution in [0, 0.1) is 18.3 Å². The Hall–Kier alpha value is -0.810. The summed E-state index contributed by atoms with van der Waals surface area (Å²) in [7, 11) is 0. The quantitative estimate of drug-likeness (QED) is 0.745. The van der Waals surface area contributed by atoms with E-state index < -0.39 is 0 Å². The smallest absolute Gasteiger partial charge is 0.0822 e. The molecule has 0 amide bonds. The highest BCUT2D eigenvalue weighted by Crippen LogP contribution is 2.43. The van der Waals surface area contributed by atoms with E-state index in [-0.39, 0.29) is 5.41 Å². The zero-order chi connectivity index (χ0) is 10.2. The van der Waals surface area contributed by atoms with Crippen LogP contribution in [0.2, 0.25) is 0 Å². The Morgan fingerprint density at radius 2 is 2.14 bits per heavy atom. The van der Waals surface area contributed by atoms with Crippen molar-refractivity contribution < 1.29 is 0 Å². The fourth-order valence-corrected chi connectivity index (χ4v) is 2.18. The number of nitriles is 1. The van der Waals surface area contributed by atoms with Crippen LogP contribution in [-0.2, 0) is 5.41 Å². The fourth-order valence-electron chi connectivity index (χ4n) is 1.94. The minimum Gasteiger partial charge on any atom is -0.197 e. The predicted molar refractivity (Wildman–Crippen MR) is 60.0 cm³/mol. The van der Waals surface area contributed by atoms with Crippen LogP contribution in [-0.4, -0.2) is 0 Å². The molecule has 0 heterocycles. The maximum atomic E-state index is 9.19. The number of aryl methyl sites for hydroxylation is 1. The molecule has 0 unspecified atom stereocenters. The normalized spacial score (nSPS) is 18.4. The highest BCUT2D eigenvalue weighted by molar-refractivity contribution is 9.10. The Kier molecular flexibility index (Phi) is 2.36. The monoisotopic (exact) mass is 249 g/mol. The fraction of sp³-hybridized carbons (Fsp3) is 0.417. The van der Waals surface area contributed by atoms with Gasteiger partial charge < -0.3 is 0 Å². The van der Waals surface area contributed by atoms with E-state index in [0.717, 1.165) is 17.3 Å². The molecule has 2 rings (SSSR count). The van der Waals surface area contributed by atoms with Crippen molar-refractivity contribution in [1.82, 2.24) is 0 Å². The molecule has 0 saturated heterocycles. The number of hydrogen-bond donors (Lipinski definition) is 0. The zero-order valence-electron chi connectivity index (χ0n) is 8.18. The van der Waals surface area contributed by atoms with E-state index in [1.807, 2.05) is 6.07 Å². The van der Waals surface area contributed by atoms with Crippen molar-refractivity contribution in [2.45, 2.75) is 31.6 Å². The third-order valence-electron chi connectivity index (χ3n) is 3.13. The zero-order valence-corrected chi connectivity index (χ0v) is 9.76. The average Bonchev–Trinajstić information content (AvgIpc) is 2.10. The maximum Gasteiger partial charge on any atom is 0.0822 e. The van der Waals surface area contributed by atoms with E-state index in [2.05, 4.69) is 41.1 Å². The number of hydrogen-bond acceptors (Lipinski definition) is 1. The standard InChI is InChI=1S/C12H12BrN/c1-9-7-10(3-4-11(9)13)12(8-14)5-2-6-12/h3-4,7H,2,5-6H2,1H3.